The summed E-state index contributed by atoms with van der Waals surface area (Å²) in [5, 5.41) is 11.7. The first-order chi connectivity index (χ1) is 12.7. The van der Waals surface area contributed by atoms with Crippen LogP contribution >= 0.6 is 0 Å². The highest BCUT2D eigenvalue weighted by Gasteiger charge is 2.23. The first-order valence-electron chi connectivity index (χ1n) is 9.65. The van der Waals surface area contributed by atoms with Gasteiger partial charge < -0.3 is 25.4 Å². The van der Waals surface area contributed by atoms with E-state index in [-0.39, 0.29) is 6.61 Å². The molecule has 1 aromatic carbocycles. The van der Waals surface area contributed by atoms with Crippen LogP contribution in [0.3, 0.4) is 0 Å². The van der Waals surface area contributed by atoms with Crippen molar-refractivity contribution in [1.29, 1.82) is 0 Å². The van der Waals surface area contributed by atoms with Gasteiger partial charge >= 0.3 is 6.09 Å². The van der Waals surface area contributed by atoms with E-state index in [1.807, 2.05) is 39.0 Å². The Morgan fingerprint density at radius 3 is 2.63 bits per heavy atom. The van der Waals surface area contributed by atoms with Crippen molar-refractivity contribution in [2.24, 2.45) is 0 Å². The molecule has 2 rings (SSSR count). The fourth-order valence-electron chi connectivity index (χ4n) is 3.33. The van der Waals surface area contributed by atoms with Gasteiger partial charge in [0.2, 0.25) is 0 Å². The van der Waals surface area contributed by atoms with Gasteiger partial charge in [-0.25, -0.2) is 4.79 Å². The zero-order valence-electron chi connectivity index (χ0n) is 17.0. The standard InChI is InChI=1S/C20H34N4O3/c1-20(2,3)27-19(26)22-18-14-16(6-7-17(18)21)24-11-8-15(9-12-24)23(4)10-5-13-25/h6-7,14-15,25H,5,8-13,21H2,1-4H3,(H,22,26). The summed E-state index contributed by atoms with van der Waals surface area (Å²) in [6.07, 6.45) is 2.45. The van der Waals surface area contributed by atoms with Crippen LogP contribution in [0.15, 0.2) is 18.2 Å². The third kappa shape index (κ3) is 6.59. The SMILES string of the molecule is CN(CCCO)C1CCN(c2ccc(N)c(NC(=O)OC(C)(C)C)c2)CC1. The number of nitrogens with two attached hydrogens (primary N) is 1. The molecular weight excluding hydrogens is 344 g/mol. The minimum absolute atomic E-state index is 0.238. The van der Waals surface area contributed by atoms with E-state index in [0.717, 1.165) is 44.6 Å². The maximum absolute atomic E-state index is 12.0. The number of benzene rings is 1. The van der Waals surface area contributed by atoms with Crippen LogP contribution in [0.4, 0.5) is 21.9 Å². The van der Waals surface area contributed by atoms with Crippen LogP contribution in [0.1, 0.15) is 40.0 Å². The van der Waals surface area contributed by atoms with Crippen LogP contribution in [0.5, 0.6) is 0 Å². The summed E-state index contributed by atoms with van der Waals surface area (Å²) in [4.78, 5) is 16.7. The lowest BCUT2D eigenvalue weighted by atomic mass is 10.0. The van der Waals surface area contributed by atoms with Crippen molar-refractivity contribution >= 4 is 23.2 Å². The number of anilines is 3. The molecule has 0 saturated carbocycles. The van der Waals surface area contributed by atoms with Gasteiger partial charge in [-0.2, -0.15) is 0 Å². The molecule has 1 amide bonds. The van der Waals surface area contributed by atoms with Gasteiger partial charge in [-0.3, -0.25) is 5.32 Å². The normalized spacial score (nSPS) is 15.9. The van der Waals surface area contributed by atoms with Crippen LogP contribution in [0.25, 0.3) is 0 Å². The molecule has 0 aliphatic carbocycles. The average molecular weight is 379 g/mol. The molecule has 27 heavy (non-hydrogen) atoms. The van der Waals surface area contributed by atoms with Crippen molar-refractivity contribution < 1.29 is 14.6 Å². The summed E-state index contributed by atoms with van der Waals surface area (Å²) >= 11 is 0. The Kier molecular flexibility index (Phi) is 7.33. The van der Waals surface area contributed by atoms with Crippen LogP contribution in [-0.4, -0.2) is 61.0 Å². The van der Waals surface area contributed by atoms with E-state index in [0.29, 0.717) is 17.4 Å². The molecule has 152 valence electrons. The Bertz CT molecular complexity index is 622. The molecule has 0 atom stereocenters. The molecule has 7 nitrogen and oxygen atoms in total. The summed E-state index contributed by atoms with van der Waals surface area (Å²) in [6.45, 7) is 8.54. The number of aliphatic hydroxyl groups excluding tert-OH is 1. The highest BCUT2D eigenvalue weighted by Crippen LogP contribution is 2.29. The van der Waals surface area contributed by atoms with Gasteiger partial charge in [0.15, 0.2) is 0 Å². The van der Waals surface area contributed by atoms with E-state index >= 15 is 0 Å². The highest BCUT2D eigenvalue weighted by atomic mass is 16.6. The van der Waals surface area contributed by atoms with E-state index in [2.05, 4.69) is 22.2 Å². The Morgan fingerprint density at radius 2 is 2.04 bits per heavy atom. The molecule has 1 aromatic rings. The fraction of sp³-hybridized carbons (Fsp3) is 0.650. The van der Waals surface area contributed by atoms with E-state index in [9.17, 15) is 4.79 Å². The van der Waals surface area contributed by atoms with E-state index in [1.54, 1.807) is 0 Å². The molecular formula is C20H34N4O3. The predicted molar refractivity (Wildman–Crippen MR) is 110 cm³/mol. The third-order valence-electron chi connectivity index (χ3n) is 4.79. The zero-order chi connectivity index (χ0) is 20.0. The van der Waals surface area contributed by atoms with Crippen molar-refractivity contribution in [2.45, 2.75) is 51.7 Å². The predicted octanol–water partition coefficient (Wildman–Crippen LogP) is 2.90. The number of amides is 1. The Morgan fingerprint density at radius 1 is 1.37 bits per heavy atom. The number of aliphatic hydroxyl groups is 1. The molecule has 1 heterocycles. The second kappa shape index (κ2) is 9.28. The molecule has 0 spiro atoms. The maximum atomic E-state index is 12.0. The molecule has 0 unspecified atom stereocenters. The topological polar surface area (TPSA) is 91.1 Å². The second-order valence-corrected chi connectivity index (χ2v) is 8.17. The van der Waals surface area contributed by atoms with E-state index < -0.39 is 11.7 Å². The summed E-state index contributed by atoms with van der Waals surface area (Å²) in [5.41, 5.74) is 7.61. The molecule has 0 aromatic heterocycles. The fourth-order valence-corrected chi connectivity index (χ4v) is 3.33. The Labute approximate surface area is 162 Å². The van der Waals surface area contributed by atoms with E-state index in [1.165, 1.54) is 0 Å². The lowest BCUT2D eigenvalue weighted by molar-refractivity contribution is 0.0636. The number of carbonyl (C=O) groups is 1. The number of hydrogen-bond acceptors (Lipinski definition) is 6. The number of nitrogen functional groups attached to an aromatic ring is 1. The summed E-state index contributed by atoms with van der Waals surface area (Å²) in [6, 6.07) is 6.27. The highest BCUT2D eigenvalue weighted by molar-refractivity contribution is 5.90. The number of hydrogen-bond donors (Lipinski definition) is 3. The number of carbonyl (C=O) groups excluding carboxylic acids is 1. The van der Waals surface area contributed by atoms with Crippen molar-refractivity contribution in [2.75, 3.05) is 49.2 Å². The van der Waals surface area contributed by atoms with Gasteiger partial charge in [0.25, 0.3) is 0 Å². The van der Waals surface area contributed by atoms with Gasteiger partial charge in [0.1, 0.15) is 5.60 Å². The third-order valence-corrected chi connectivity index (χ3v) is 4.79. The summed E-state index contributed by atoms with van der Waals surface area (Å²) in [5.74, 6) is 0. The van der Waals surface area contributed by atoms with Crippen molar-refractivity contribution in [3.05, 3.63) is 18.2 Å². The van der Waals surface area contributed by atoms with Crippen molar-refractivity contribution in [1.82, 2.24) is 4.90 Å². The van der Waals surface area contributed by atoms with Crippen molar-refractivity contribution in [3.63, 3.8) is 0 Å². The molecule has 0 radical (unpaired) electrons. The molecule has 1 saturated heterocycles. The number of nitrogens with zero attached hydrogens (tertiary/aromatic N) is 2. The van der Waals surface area contributed by atoms with Gasteiger partial charge in [-0.15, -0.1) is 0 Å². The quantitative estimate of drug-likeness (QED) is 0.660. The number of piperidine rings is 1. The largest absolute Gasteiger partial charge is 0.444 e. The zero-order valence-corrected chi connectivity index (χ0v) is 17.0. The monoisotopic (exact) mass is 378 g/mol. The van der Waals surface area contributed by atoms with Crippen molar-refractivity contribution in [3.8, 4) is 0 Å². The summed E-state index contributed by atoms with van der Waals surface area (Å²) < 4.78 is 5.31. The Balaban J connectivity index is 1.97. The molecule has 1 aliphatic heterocycles. The minimum atomic E-state index is -0.555. The lowest BCUT2D eigenvalue weighted by Crippen LogP contribution is -2.43. The van der Waals surface area contributed by atoms with Gasteiger partial charge in [-0.05, 0) is 65.3 Å². The first kappa shape index (κ1) is 21.3. The van der Waals surface area contributed by atoms with Gasteiger partial charge in [-0.1, -0.05) is 0 Å². The smallest absolute Gasteiger partial charge is 0.412 e. The van der Waals surface area contributed by atoms with Crippen LogP contribution in [-0.2, 0) is 4.74 Å². The number of ether oxygens (including phenoxy) is 1. The number of nitrogens with one attached hydrogen (secondary N) is 1. The van der Waals surface area contributed by atoms with Crippen LogP contribution in [0.2, 0.25) is 0 Å². The Hall–Kier alpha value is -1.99. The van der Waals surface area contributed by atoms with Gasteiger partial charge in [0, 0.05) is 38.0 Å². The average Bonchev–Trinajstić information content (AvgIpc) is 2.60. The lowest BCUT2D eigenvalue weighted by Gasteiger charge is -2.38. The molecule has 7 heteroatoms. The molecule has 1 fully saturated rings. The second-order valence-electron chi connectivity index (χ2n) is 8.17. The molecule has 0 bridgehead atoms. The maximum Gasteiger partial charge on any atom is 0.412 e. The number of rotatable bonds is 6. The first-order valence-corrected chi connectivity index (χ1v) is 9.65. The van der Waals surface area contributed by atoms with Crippen LogP contribution in [0, 0.1) is 0 Å². The van der Waals surface area contributed by atoms with Gasteiger partial charge in [0.05, 0.1) is 11.4 Å². The molecule has 1 aliphatic rings. The summed E-state index contributed by atoms with van der Waals surface area (Å²) in [7, 11) is 2.13. The van der Waals surface area contributed by atoms with E-state index in [4.69, 9.17) is 15.6 Å². The van der Waals surface area contributed by atoms with Crippen LogP contribution < -0.4 is 16.0 Å². The molecule has 4 N–H and O–H groups in total. The minimum Gasteiger partial charge on any atom is -0.444 e.